The van der Waals surface area contributed by atoms with Crippen LogP contribution in [-0.2, 0) is 17.8 Å². The maximum absolute atomic E-state index is 12.1. The number of para-hydroxylation sites is 1. The van der Waals surface area contributed by atoms with Crippen molar-refractivity contribution in [3.63, 3.8) is 0 Å². The smallest absolute Gasteiger partial charge is 0.155 e. The van der Waals surface area contributed by atoms with E-state index in [0.717, 1.165) is 23.1 Å². The number of hydrogen-bond donors (Lipinski definition) is 1. The lowest BCUT2D eigenvalue weighted by molar-refractivity contribution is -0.120. The quantitative estimate of drug-likeness (QED) is 0.895. The van der Waals surface area contributed by atoms with Gasteiger partial charge in [0.25, 0.3) is 0 Å². The Morgan fingerprint density at radius 1 is 1.37 bits per heavy atom. The van der Waals surface area contributed by atoms with Gasteiger partial charge < -0.3 is 5.73 Å². The van der Waals surface area contributed by atoms with Gasteiger partial charge in [0, 0.05) is 11.9 Å². The topological polar surface area (TPSA) is 60.9 Å². The Hall–Kier alpha value is -1.68. The highest BCUT2D eigenvalue weighted by Crippen LogP contribution is 2.19. The van der Waals surface area contributed by atoms with Crippen molar-refractivity contribution in [3.05, 3.63) is 30.0 Å². The molecule has 0 saturated heterocycles. The van der Waals surface area contributed by atoms with E-state index in [1.54, 1.807) is 0 Å². The van der Waals surface area contributed by atoms with E-state index in [2.05, 4.69) is 5.10 Å². The molecule has 2 rings (SSSR count). The summed E-state index contributed by atoms with van der Waals surface area (Å²) in [5.74, 6) is 0.216. The number of benzene rings is 1. The van der Waals surface area contributed by atoms with Crippen molar-refractivity contribution in [1.29, 1.82) is 0 Å². The fourth-order valence-electron chi connectivity index (χ4n) is 2.22. The monoisotopic (exact) mass is 259 g/mol. The van der Waals surface area contributed by atoms with Crippen molar-refractivity contribution >= 4 is 16.7 Å². The number of rotatable bonds is 5. The van der Waals surface area contributed by atoms with Crippen LogP contribution in [0.25, 0.3) is 10.9 Å². The summed E-state index contributed by atoms with van der Waals surface area (Å²) in [5.41, 5.74) is 7.81. The number of Topliss-reactive ketones (excluding diaryl/α,β-unsaturated/α-hetero) is 1. The van der Waals surface area contributed by atoms with Gasteiger partial charge in [0.05, 0.1) is 23.7 Å². The van der Waals surface area contributed by atoms with Crippen LogP contribution in [0.2, 0.25) is 0 Å². The maximum atomic E-state index is 12.1. The summed E-state index contributed by atoms with van der Waals surface area (Å²) >= 11 is 0. The largest absolute Gasteiger partial charge is 0.321 e. The van der Waals surface area contributed by atoms with Crippen LogP contribution in [0, 0.1) is 5.92 Å². The second kappa shape index (κ2) is 5.53. The Labute approximate surface area is 113 Å². The standard InChI is InChI=1S/C15H21N3O/c1-4-18-13-8-6-5-7-11(13)12(17-18)9-14(19)15(16)10(2)3/h5-8,10,15H,4,9,16H2,1-3H3. The molecule has 0 amide bonds. The van der Waals surface area contributed by atoms with Crippen molar-refractivity contribution in [2.75, 3.05) is 0 Å². The van der Waals surface area contributed by atoms with Gasteiger partial charge in [0.2, 0.25) is 0 Å². The molecule has 0 aliphatic carbocycles. The van der Waals surface area contributed by atoms with Crippen LogP contribution in [0.3, 0.4) is 0 Å². The first-order valence-electron chi connectivity index (χ1n) is 6.77. The van der Waals surface area contributed by atoms with Gasteiger partial charge in [0.15, 0.2) is 5.78 Å². The van der Waals surface area contributed by atoms with Gasteiger partial charge in [-0.1, -0.05) is 32.0 Å². The number of fused-ring (bicyclic) bond motifs is 1. The van der Waals surface area contributed by atoms with Gasteiger partial charge in [-0.25, -0.2) is 0 Å². The lowest BCUT2D eigenvalue weighted by Gasteiger charge is -2.13. The first-order valence-corrected chi connectivity index (χ1v) is 6.77. The fourth-order valence-corrected chi connectivity index (χ4v) is 2.22. The predicted octanol–water partition coefficient (Wildman–Crippen LogP) is 2.15. The minimum absolute atomic E-state index is 0.0570. The predicted molar refractivity (Wildman–Crippen MR) is 76.9 cm³/mol. The van der Waals surface area contributed by atoms with Crippen LogP contribution in [0.4, 0.5) is 0 Å². The Balaban J connectivity index is 2.33. The molecule has 4 nitrogen and oxygen atoms in total. The van der Waals surface area contributed by atoms with E-state index in [1.165, 1.54) is 0 Å². The average molecular weight is 259 g/mol. The summed E-state index contributed by atoms with van der Waals surface area (Å²) < 4.78 is 1.93. The number of carbonyl (C=O) groups excluding carboxylic acids is 1. The fraction of sp³-hybridized carbons (Fsp3) is 0.467. The molecule has 0 spiro atoms. The van der Waals surface area contributed by atoms with E-state index in [9.17, 15) is 4.79 Å². The molecule has 4 heteroatoms. The Kier molecular flexibility index (Phi) is 4.00. The molecule has 0 aliphatic rings. The molecule has 0 bridgehead atoms. The van der Waals surface area contributed by atoms with Crippen LogP contribution in [-0.4, -0.2) is 21.6 Å². The summed E-state index contributed by atoms with van der Waals surface area (Å²) in [6, 6.07) is 7.59. The molecule has 1 atom stereocenters. The normalized spacial score (nSPS) is 13.1. The Morgan fingerprint density at radius 2 is 2.05 bits per heavy atom. The SMILES string of the molecule is CCn1nc(CC(=O)C(N)C(C)C)c2ccccc21. The van der Waals surface area contributed by atoms with Crippen molar-refractivity contribution in [2.45, 2.75) is 39.8 Å². The van der Waals surface area contributed by atoms with Gasteiger partial charge in [-0.3, -0.25) is 9.48 Å². The molecule has 1 unspecified atom stereocenters. The van der Waals surface area contributed by atoms with Crippen molar-refractivity contribution < 1.29 is 4.79 Å². The minimum Gasteiger partial charge on any atom is -0.321 e. The second-order valence-corrected chi connectivity index (χ2v) is 5.19. The van der Waals surface area contributed by atoms with Crippen LogP contribution in [0.15, 0.2) is 24.3 Å². The zero-order valence-corrected chi connectivity index (χ0v) is 11.8. The van der Waals surface area contributed by atoms with Gasteiger partial charge in [0.1, 0.15) is 0 Å². The van der Waals surface area contributed by atoms with E-state index in [4.69, 9.17) is 5.73 Å². The highest BCUT2D eigenvalue weighted by atomic mass is 16.1. The second-order valence-electron chi connectivity index (χ2n) is 5.19. The van der Waals surface area contributed by atoms with E-state index in [0.29, 0.717) is 6.42 Å². The lowest BCUT2D eigenvalue weighted by atomic mass is 9.97. The van der Waals surface area contributed by atoms with Crippen LogP contribution < -0.4 is 5.73 Å². The third-order valence-electron chi connectivity index (χ3n) is 3.47. The molecule has 102 valence electrons. The third kappa shape index (κ3) is 2.68. The van der Waals surface area contributed by atoms with Gasteiger partial charge in [-0.2, -0.15) is 5.10 Å². The number of ketones is 1. The molecule has 2 aromatic rings. The summed E-state index contributed by atoms with van der Waals surface area (Å²) in [6.45, 7) is 6.77. The molecule has 2 N–H and O–H groups in total. The zero-order valence-electron chi connectivity index (χ0n) is 11.8. The number of nitrogens with zero attached hydrogens (tertiary/aromatic N) is 2. The molecule has 0 fully saturated rings. The first kappa shape index (κ1) is 13.7. The molecular weight excluding hydrogens is 238 g/mol. The summed E-state index contributed by atoms with van der Waals surface area (Å²) in [6.07, 6.45) is 0.312. The summed E-state index contributed by atoms with van der Waals surface area (Å²) in [4.78, 5) is 12.1. The number of aromatic nitrogens is 2. The van der Waals surface area contributed by atoms with Crippen LogP contribution in [0.1, 0.15) is 26.5 Å². The van der Waals surface area contributed by atoms with Gasteiger partial charge >= 0.3 is 0 Å². The number of hydrogen-bond acceptors (Lipinski definition) is 3. The molecule has 1 aromatic carbocycles. The zero-order chi connectivity index (χ0) is 14.0. The Morgan fingerprint density at radius 3 is 2.68 bits per heavy atom. The van der Waals surface area contributed by atoms with E-state index < -0.39 is 6.04 Å². The highest BCUT2D eigenvalue weighted by molar-refractivity contribution is 5.91. The lowest BCUT2D eigenvalue weighted by Crippen LogP contribution is -2.36. The molecular formula is C15H21N3O. The first-order chi connectivity index (χ1) is 9.04. The van der Waals surface area contributed by atoms with Crippen molar-refractivity contribution in [2.24, 2.45) is 11.7 Å². The average Bonchev–Trinajstić information content (AvgIpc) is 2.76. The number of aryl methyl sites for hydroxylation is 1. The number of carbonyl (C=O) groups is 1. The van der Waals surface area contributed by atoms with Crippen LogP contribution in [0.5, 0.6) is 0 Å². The molecule has 1 heterocycles. The third-order valence-corrected chi connectivity index (χ3v) is 3.47. The van der Waals surface area contributed by atoms with Gasteiger partial charge in [-0.05, 0) is 18.9 Å². The van der Waals surface area contributed by atoms with E-state index in [-0.39, 0.29) is 11.7 Å². The van der Waals surface area contributed by atoms with E-state index in [1.807, 2.05) is 49.7 Å². The maximum Gasteiger partial charge on any atom is 0.155 e. The van der Waals surface area contributed by atoms with Crippen molar-refractivity contribution in [3.8, 4) is 0 Å². The molecule has 1 aromatic heterocycles. The molecule has 0 aliphatic heterocycles. The number of nitrogens with two attached hydrogens (primary N) is 1. The molecule has 19 heavy (non-hydrogen) atoms. The van der Waals surface area contributed by atoms with Crippen molar-refractivity contribution in [1.82, 2.24) is 9.78 Å². The molecule has 0 radical (unpaired) electrons. The van der Waals surface area contributed by atoms with Gasteiger partial charge in [-0.15, -0.1) is 0 Å². The van der Waals surface area contributed by atoms with E-state index >= 15 is 0 Å². The highest BCUT2D eigenvalue weighted by Gasteiger charge is 2.20. The minimum atomic E-state index is -0.412. The van der Waals surface area contributed by atoms with Crippen LogP contribution >= 0.6 is 0 Å². The molecule has 0 saturated carbocycles. The summed E-state index contributed by atoms with van der Waals surface area (Å²) in [5, 5.41) is 5.58. The summed E-state index contributed by atoms with van der Waals surface area (Å²) in [7, 11) is 0. The Bertz CT molecular complexity index is 586.